The lowest BCUT2D eigenvalue weighted by molar-refractivity contribution is -0.115. The van der Waals surface area contributed by atoms with Crippen LogP contribution in [0.3, 0.4) is 0 Å². The van der Waals surface area contributed by atoms with Gasteiger partial charge >= 0.3 is 0 Å². The number of benzene rings is 3. The van der Waals surface area contributed by atoms with Gasteiger partial charge in [-0.25, -0.2) is 0 Å². The lowest BCUT2D eigenvalue weighted by Gasteiger charge is -2.29. The molecular weight excluding hydrogens is 476 g/mol. The number of anilines is 4. The van der Waals surface area contributed by atoms with Crippen LogP contribution in [0, 0.1) is 0 Å². The summed E-state index contributed by atoms with van der Waals surface area (Å²) in [5.41, 5.74) is 2.98. The van der Waals surface area contributed by atoms with E-state index in [4.69, 9.17) is 0 Å². The number of amides is 4. The summed E-state index contributed by atoms with van der Waals surface area (Å²) in [5, 5.41) is 10.2. The van der Waals surface area contributed by atoms with Gasteiger partial charge in [-0.2, -0.15) is 0 Å². The Labute approximate surface area is 210 Å². The Kier molecular flexibility index (Phi) is 6.29. The fraction of sp³-hybridized carbons (Fsp3) is 0.0370. The van der Waals surface area contributed by atoms with Crippen molar-refractivity contribution in [3.05, 3.63) is 106 Å². The molecule has 3 N–H and O–H groups in total. The average Bonchev–Trinajstić information content (AvgIpc) is 3.44. The second-order valence-electron chi connectivity index (χ2n) is 8.00. The quantitative estimate of drug-likeness (QED) is 0.367. The van der Waals surface area contributed by atoms with Crippen LogP contribution in [0.25, 0.3) is 0 Å². The second-order valence-corrected chi connectivity index (χ2v) is 8.95. The third-order valence-corrected chi connectivity index (χ3v) is 6.40. The molecule has 1 aromatic heterocycles. The van der Waals surface area contributed by atoms with Crippen molar-refractivity contribution in [3.63, 3.8) is 0 Å². The predicted molar refractivity (Wildman–Crippen MR) is 140 cm³/mol. The molecule has 0 spiro atoms. The maximum Gasteiger partial charge on any atom is 0.265 e. The molecule has 36 heavy (non-hydrogen) atoms. The molecule has 2 heterocycles. The van der Waals surface area contributed by atoms with E-state index in [0.29, 0.717) is 38.8 Å². The maximum atomic E-state index is 13.1. The number of hydrogen-bond acceptors (Lipinski definition) is 5. The van der Waals surface area contributed by atoms with Crippen LogP contribution >= 0.6 is 11.3 Å². The van der Waals surface area contributed by atoms with Gasteiger partial charge in [0.1, 0.15) is 6.54 Å². The molecule has 0 aliphatic carbocycles. The van der Waals surface area contributed by atoms with Crippen LogP contribution in [0.1, 0.15) is 30.4 Å². The first-order valence-corrected chi connectivity index (χ1v) is 11.9. The SMILES string of the molecule is O=C1CN(C(=O)c2ccc(NC(=O)c3cccc(NC(=O)c4cccs4)c3)cc2)c2ccccc2N1. The zero-order valence-corrected chi connectivity index (χ0v) is 19.7. The Balaban J connectivity index is 1.26. The molecule has 0 unspecified atom stereocenters. The van der Waals surface area contributed by atoms with Gasteiger partial charge in [0.05, 0.1) is 16.3 Å². The maximum absolute atomic E-state index is 13.1. The van der Waals surface area contributed by atoms with Crippen LogP contribution in [0.15, 0.2) is 90.3 Å². The van der Waals surface area contributed by atoms with Gasteiger partial charge in [-0.05, 0) is 66.0 Å². The fourth-order valence-electron chi connectivity index (χ4n) is 3.81. The molecule has 4 amide bonds. The largest absolute Gasteiger partial charge is 0.323 e. The minimum absolute atomic E-state index is 0.0757. The van der Waals surface area contributed by atoms with Crippen molar-refractivity contribution in [1.82, 2.24) is 0 Å². The van der Waals surface area contributed by atoms with Gasteiger partial charge in [-0.1, -0.05) is 24.3 Å². The summed E-state index contributed by atoms with van der Waals surface area (Å²) in [6.07, 6.45) is 0. The lowest BCUT2D eigenvalue weighted by Crippen LogP contribution is -2.42. The zero-order valence-electron chi connectivity index (χ0n) is 18.9. The van der Waals surface area contributed by atoms with Gasteiger partial charge in [0.15, 0.2) is 0 Å². The molecule has 0 saturated heterocycles. The van der Waals surface area contributed by atoms with Gasteiger partial charge in [0.2, 0.25) is 5.91 Å². The van der Waals surface area contributed by atoms with Gasteiger partial charge in [0.25, 0.3) is 17.7 Å². The zero-order chi connectivity index (χ0) is 25.1. The van der Waals surface area contributed by atoms with Crippen LogP contribution < -0.4 is 20.9 Å². The molecule has 3 aromatic carbocycles. The first-order valence-electron chi connectivity index (χ1n) is 11.0. The van der Waals surface area contributed by atoms with Crippen LogP contribution in [0.5, 0.6) is 0 Å². The third-order valence-electron chi connectivity index (χ3n) is 5.53. The van der Waals surface area contributed by atoms with Crippen molar-refractivity contribution in [2.75, 3.05) is 27.4 Å². The highest BCUT2D eigenvalue weighted by molar-refractivity contribution is 7.12. The van der Waals surface area contributed by atoms with E-state index >= 15 is 0 Å². The molecule has 0 bridgehead atoms. The van der Waals surface area contributed by atoms with E-state index in [9.17, 15) is 19.2 Å². The average molecular weight is 497 g/mol. The number of para-hydroxylation sites is 2. The minimum atomic E-state index is -0.358. The molecule has 0 fully saturated rings. The molecule has 5 rings (SSSR count). The molecule has 9 heteroatoms. The van der Waals surface area contributed by atoms with Gasteiger partial charge < -0.3 is 16.0 Å². The number of carbonyl (C=O) groups excluding carboxylic acids is 4. The number of nitrogens with zero attached hydrogens (tertiary/aromatic N) is 1. The first-order chi connectivity index (χ1) is 17.5. The summed E-state index contributed by atoms with van der Waals surface area (Å²) in [5.74, 6) is -1.18. The van der Waals surface area contributed by atoms with E-state index in [1.54, 1.807) is 84.9 Å². The number of nitrogens with one attached hydrogen (secondary N) is 3. The van der Waals surface area contributed by atoms with E-state index in [1.807, 2.05) is 5.38 Å². The van der Waals surface area contributed by atoms with Crippen molar-refractivity contribution in [2.45, 2.75) is 0 Å². The Bertz CT molecular complexity index is 1470. The van der Waals surface area contributed by atoms with Crippen molar-refractivity contribution in [3.8, 4) is 0 Å². The van der Waals surface area contributed by atoms with Crippen molar-refractivity contribution >= 4 is 57.7 Å². The first kappa shape index (κ1) is 23.0. The third kappa shape index (κ3) is 4.86. The van der Waals surface area contributed by atoms with Crippen LogP contribution in [-0.4, -0.2) is 30.2 Å². The van der Waals surface area contributed by atoms with E-state index in [-0.39, 0.29) is 30.2 Å². The Morgan fingerprint density at radius 3 is 2.33 bits per heavy atom. The smallest absolute Gasteiger partial charge is 0.265 e. The summed E-state index contributed by atoms with van der Waals surface area (Å²) in [7, 11) is 0. The van der Waals surface area contributed by atoms with Crippen LogP contribution in [0.4, 0.5) is 22.7 Å². The fourth-order valence-corrected chi connectivity index (χ4v) is 4.43. The molecule has 0 radical (unpaired) electrons. The monoisotopic (exact) mass is 496 g/mol. The highest BCUT2D eigenvalue weighted by Gasteiger charge is 2.27. The summed E-state index contributed by atoms with van der Waals surface area (Å²) >= 11 is 1.33. The molecule has 4 aromatic rings. The molecule has 178 valence electrons. The molecular formula is C27H20N4O4S. The number of carbonyl (C=O) groups is 4. The van der Waals surface area contributed by atoms with E-state index in [1.165, 1.54) is 16.2 Å². The summed E-state index contributed by atoms with van der Waals surface area (Å²) in [6, 6.07) is 23.7. The number of fused-ring (bicyclic) bond motifs is 1. The highest BCUT2D eigenvalue weighted by Crippen LogP contribution is 2.30. The van der Waals surface area contributed by atoms with Crippen molar-refractivity contribution < 1.29 is 19.2 Å². The molecule has 1 aliphatic heterocycles. The molecule has 8 nitrogen and oxygen atoms in total. The molecule has 0 saturated carbocycles. The lowest BCUT2D eigenvalue weighted by atomic mass is 10.1. The molecule has 0 atom stereocenters. The van der Waals surface area contributed by atoms with E-state index in [0.717, 1.165) is 0 Å². The summed E-state index contributed by atoms with van der Waals surface area (Å²) in [6.45, 7) is -0.0757. The Morgan fingerprint density at radius 2 is 1.56 bits per heavy atom. The van der Waals surface area contributed by atoms with Gasteiger partial charge in [0, 0.05) is 22.5 Å². The van der Waals surface area contributed by atoms with E-state index < -0.39 is 0 Å². The Morgan fingerprint density at radius 1 is 0.778 bits per heavy atom. The standard InChI is InChI=1S/C27H20N4O4S/c32-24-16-31(22-8-2-1-7-21(22)30-24)27(35)17-10-12-19(13-11-17)28-25(33)18-5-3-6-20(15-18)29-26(34)23-9-4-14-36-23/h1-15H,16H2,(H,28,33)(H,29,34)(H,30,32). The Hall–Kier alpha value is -4.76. The minimum Gasteiger partial charge on any atom is -0.323 e. The van der Waals surface area contributed by atoms with Gasteiger partial charge in [-0.3, -0.25) is 24.1 Å². The highest BCUT2D eigenvalue weighted by atomic mass is 32.1. The summed E-state index contributed by atoms with van der Waals surface area (Å²) in [4.78, 5) is 52.2. The normalized spacial score (nSPS) is 12.3. The summed E-state index contributed by atoms with van der Waals surface area (Å²) < 4.78 is 0. The second kappa shape index (κ2) is 9.85. The van der Waals surface area contributed by atoms with Crippen LogP contribution in [0.2, 0.25) is 0 Å². The topological polar surface area (TPSA) is 108 Å². The number of thiophene rings is 1. The molecule has 1 aliphatic rings. The van der Waals surface area contributed by atoms with Crippen molar-refractivity contribution in [2.24, 2.45) is 0 Å². The van der Waals surface area contributed by atoms with Crippen LogP contribution in [-0.2, 0) is 4.79 Å². The number of hydrogen-bond donors (Lipinski definition) is 3. The van der Waals surface area contributed by atoms with Gasteiger partial charge in [-0.15, -0.1) is 11.3 Å². The van der Waals surface area contributed by atoms with Crippen molar-refractivity contribution in [1.29, 1.82) is 0 Å². The number of rotatable bonds is 5. The van der Waals surface area contributed by atoms with E-state index in [2.05, 4.69) is 16.0 Å². The predicted octanol–water partition coefficient (Wildman–Crippen LogP) is 4.85.